The zero-order chi connectivity index (χ0) is 8.27. The topological polar surface area (TPSA) is 35.2 Å². The predicted octanol–water partition coefficient (Wildman–Crippen LogP) is 1.32. The fourth-order valence-corrected chi connectivity index (χ4v) is 1.46. The van der Waals surface area contributed by atoms with Crippen LogP contribution in [0.3, 0.4) is 0 Å². The molecule has 0 aromatic rings. The van der Waals surface area contributed by atoms with Crippen molar-refractivity contribution in [3.05, 3.63) is 12.2 Å². The fourth-order valence-electron chi connectivity index (χ4n) is 1.46. The second-order valence-electron chi connectivity index (χ2n) is 3.45. The molecule has 1 aliphatic rings. The maximum Gasteiger partial charge on any atom is 0.0510 e. The Labute approximate surface area is 68.4 Å². The van der Waals surface area contributed by atoms with E-state index in [1.807, 2.05) is 6.92 Å². The molecule has 1 aliphatic heterocycles. The molecule has 1 saturated heterocycles. The molecule has 1 rings (SSSR count). The Morgan fingerprint density at radius 1 is 1.82 bits per heavy atom. The van der Waals surface area contributed by atoms with Crippen LogP contribution in [-0.4, -0.2) is 19.3 Å². The molecule has 2 unspecified atom stereocenters. The van der Waals surface area contributed by atoms with Gasteiger partial charge in [-0.1, -0.05) is 5.57 Å². The molecule has 0 aliphatic carbocycles. The standard InChI is InChI=1S/C9H17NO/c1-7(2)5-9(10)8-3-4-11-6-8/h8-9H,1,3-6,10H2,2H3. The highest BCUT2D eigenvalue weighted by molar-refractivity contribution is 4.94. The van der Waals surface area contributed by atoms with Crippen molar-refractivity contribution in [3.8, 4) is 0 Å². The van der Waals surface area contributed by atoms with Crippen molar-refractivity contribution in [1.29, 1.82) is 0 Å². The Balaban J connectivity index is 2.28. The Hall–Kier alpha value is -0.340. The molecule has 0 aromatic carbocycles. The monoisotopic (exact) mass is 155 g/mol. The fraction of sp³-hybridized carbons (Fsp3) is 0.778. The van der Waals surface area contributed by atoms with Crippen LogP contribution in [-0.2, 0) is 4.74 Å². The Morgan fingerprint density at radius 2 is 2.55 bits per heavy atom. The molecule has 0 spiro atoms. The van der Waals surface area contributed by atoms with Crippen LogP contribution in [0.25, 0.3) is 0 Å². The SMILES string of the molecule is C=C(C)CC(N)C1CCOC1. The summed E-state index contributed by atoms with van der Waals surface area (Å²) in [5.74, 6) is 0.562. The van der Waals surface area contributed by atoms with E-state index in [0.717, 1.165) is 26.1 Å². The zero-order valence-corrected chi connectivity index (χ0v) is 7.18. The van der Waals surface area contributed by atoms with Gasteiger partial charge in [0.05, 0.1) is 6.61 Å². The summed E-state index contributed by atoms with van der Waals surface area (Å²) < 4.78 is 5.25. The summed E-state index contributed by atoms with van der Waals surface area (Å²) >= 11 is 0. The van der Waals surface area contributed by atoms with Crippen molar-refractivity contribution in [2.45, 2.75) is 25.8 Å². The summed E-state index contributed by atoms with van der Waals surface area (Å²) in [7, 11) is 0. The molecule has 0 bridgehead atoms. The van der Waals surface area contributed by atoms with Gasteiger partial charge in [0.1, 0.15) is 0 Å². The first-order valence-corrected chi connectivity index (χ1v) is 4.18. The third kappa shape index (κ3) is 2.64. The number of hydrogen-bond acceptors (Lipinski definition) is 2. The lowest BCUT2D eigenvalue weighted by Crippen LogP contribution is -2.30. The van der Waals surface area contributed by atoms with Gasteiger partial charge < -0.3 is 10.5 Å². The lowest BCUT2D eigenvalue weighted by atomic mass is 9.95. The molecule has 0 saturated carbocycles. The highest BCUT2D eigenvalue weighted by atomic mass is 16.5. The van der Waals surface area contributed by atoms with Crippen LogP contribution >= 0.6 is 0 Å². The van der Waals surface area contributed by atoms with Gasteiger partial charge in [0.25, 0.3) is 0 Å². The average Bonchev–Trinajstić information content (AvgIpc) is 2.35. The number of hydrogen-bond donors (Lipinski definition) is 1. The second-order valence-corrected chi connectivity index (χ2v) is 3.45. The molecule has 2 atom stereocenters. The van der Waals surface area contributed by atoms with E-state index in [1.165, 1.54) is 5.57 Å². The molecule has 2 N–H and O–H groups in total. The van der Waals surface area contributed by atoms with Gasteiger partial charge in [-0.25, -0.2) is 0 Å². The van der Waals surface area contributed by atoms with Gasteiger partial charge in [-0.3, -0.25) is 0 Å². The van der Waals surface area contributed by atoms with Crippen molar-refractivity contribution in [3.63, 3.8) is 0 Å². The van der Waals surface area contributed by atoms with E-state index in [9.17, 15) is 0 Å². The van der Waals surface area contributed by atoms with Crippen LogP contribution in [0.2, 0.25) is 0 Å². The molecular formula is C9H17NO. The second kappa shape index (κ2) is 3.88. The molecule has 0 aromatic heterocycles. The van der Waals surface area contributed by atoms with E-state index in [-0.39, 0.29) is 6.04 Å². The van der Waals surface area contributed by atoms with Crippen molar-refractivity contribution >= 4 is 0 Å². The minimum absolute atomic E-state index is 0.259. The van der Waals surface area contributed by atoms with Gasteiger partial charge in [-0.15, -0.1) is 6.58 Å². The van der Waals surface area contributed by atoms with Crippen molar-refractivity contribution < 1.29 is 4.74 Å². The summed E-state index contributed by atoms with van der Waals surface area (Å²) in [4.78, 5) is 0. The van der Waals surface area contributed by atoms with Gasteiger partial charge >= 0.3 is 0 Å². The van der Waals surface area contributed by atoms with E-state index in [1.54, 1.807) is 0 Å². The molecule has 0 amide bonds. The van der Waals surface area contributed by atoms with E-state index < -0.39 is 0 Å². The quantitative estimate of drug-likeness (QED) is 0.624. The van der Waals surface area contributed by atoms with E-state index >= 15 is 0 Å². The Bertz CT molecular complexity index is 138. The lowest BCUT2D eigenvalue weighted by molar-refractivity contribution is 0.180. The van der Waals surface area contributed by atoms with Gasteiger partial charge in [-0.05, 0) is 25.7 Å². The third-order valence-electron chi connectivity index (χ3n) is 2.15. The van der Waals surface area contributed by atoms with Crippen molar-refractivity contribution in [2.24, 2.45) is 11.7 Å². The largest absolute Gasteiger partial charge is 0.381 e. The maximum atomic E-state index is 5.94. The average molecular weight is 155 g/mol. The highest BCUT2D eigenvalue weighted by Crippen LogP contribution is 2.18. The van der Waals surface area contributed by atoms with Crippen LogP contribution in [0.4, 0.5) is 0 Å². The van der Waals surface area contributed by atoms with Crippen LogP contribution in [0.1, 0.15) is 19.8 Å². The van der Waals surface area contributed by atoms with Crippen LogP contribution in [0, 0.1) is 5.92 Å². The number of nitrogens with two attached hydrogens (primary N) is 1. The summed E-state index contributed by atoms with van der Waals surface area (Å²) in [6.07, 6.45) is 2.06. The first-order chi connectivity index (χ1) is 5.20. The summed E-state index contributed by atoms with van der Waals surface area (Å²) in [5, 5.41) is 0. The van der Waals surface area contributed by atoms with Gasteiger partial charge in [0.2, 0.25) is 0 Å². The first-order valence-electron chi connectivity index (χ1n) is 4.18. The van der Waals surface area contributed by atoms with Crippen molar-refractivity contribution in [1.82, 2.24) is 0 Å². The Kier molecular flexibility index (Phi) is 3.09. The molecule has 1 fully saturated rings. The van der Waals surface area contributed by atoms with E-state index in [2.05, 4.69) is 6.58 Å². The summed E-state index contributed by atoms with van der Waals surface area (Å²) in [6, 6.07) is 0.259. The van der Waals surface area contributed by atoms with Gasteiger partial charge in [-0.2, -0.15) is 0 Å². The van der Waals surface area contributed by atoms with Crippen LogP contribution < -0.4 is 5.73 Å². The summed E-state index contributed by atoms with van der Waals surface area (Å²) in [6.45, 7) is 7.59. The number of ether oxygens (including phenoxy) is 1. The minimum atomic E-state index is 0.259. The van der Waals surface area contributed by atoms with Crippen molar-refractivity contribution in [2.75, 3.05) is 13.2 Å². The van der Waals surface area contributed by atoms with E-state index in [4.69, 9.17) is 10.5 Å². The van der Waals surface area contributed by atoms with E-state index in [0.29, 0.717) is 5.92 Å². The maximum absolute atomic E-state index is 5.94. The van der Waals surface area contributed by atoms with Crippen LogP contribution in [0.15, 0.2) is 12.2 Å². The first kappa shape index (κ1) is 8.75. The molecular weight excluding hydrogens is 138 g/mol. The molecule has 64 valence electrons. The van der Waals surface area contributed by atoms with Crippen LogP contribution in [0.5, 0.6) is 0 Å². The molecule has 11 heavy (non-hydrogen) atoms. The normalized spacial score (nSPS) is 26.9. The molecule has 1 heterocycles. The molecule has 0 radical (unpaired) electrons. The number of rotatable bonds is 3. The van der Waals surface area contributed by atoms with Gasteiger partial charge in [0.15, 0.2) is 0 Å². The minimum Gasteiger partial charge on any atom is -0.381 e. The Morgan fingerprint density at radius 3 is 3.00 bits per heavy atom. The third-order valence-corrected chi connectivity index (χ3v) is 2.15. The molecule has 2 heteroatoms. The molecule has 2 nitrogen and oxygen atoms in total. The predicted molar refractivity (Wildman–Crippen MR) is 46.3 cm³/mol. The highest BCUT2D eigenvalue weighted by Gasteiger charge is 2.22. The summed E-state index contributed by atoms with van der Waals surface area (Å²) in [5.41, 5.74) is 7.11. The van der Waals surface area contributed by atoms with Gasteiger partial charge in [0, 0.05) is 12.6 Å². The lowest BCUT2D eigenvalue weighted by Gasteiger charge is -2.16. The zero-order valence-electron chi connectivity index (χ0n) is 7.18. The smallest absolute Gasteiger partial charge is 0.0510 e.